The highest BCUT2D eigenvalue weighted by Gasteiger charge is 2.17. The van der Waals surface area contributed by atoms with E-state index < -0.39 is 0 Å². The maximum atomic E-state index is 12.1. The standard InChI is InChI=1S/C13H17N5O2/c1-8-12(9(2)20-17-8)13(19)15-7-10-14-6-5-11(16-10)18(3)4/h5-6H,7H2,1-4H3,(H,15,19). The highest BCUT2D eigenvalue weighted by Crippen LogP contribution is 2.12. The molecule has 0 aliphatic heterocycles. The summed E-state index contributed by atoms with van der Waals surface area (Å²) in [7, 11) is 3.79. The summed E-state index contributed by atoms with van der Waals surface area (Å²) >= 11 is 0. The highest BCUT2D eigenvalue weighted by atomic mass is 16.5. The van der Waals surface area contributed by atoms with Crippen molar-refractivity contribution in [1.29, 1.82) is 0 Å². The van der Waals surface area contributed by atoms with Crippen LogP contribution < -0.4 is 10.2 Å². The van der Waals surface area contributed by atoms with Crippen molar-refractivity contribution < 1.29 is 9.32 Å². The topological polar surface area (TPSA) is 84.2 Å². The minimum Gasteiger partial charge on any atom is -0.363 e. The van der Waals surface area contributed by atoms with E-state index in [4.69, 9.17) is 4.52 Å². The molecule has 0 aliphatic carbocycles. The van der Waals surface area contributed by atoms with E-state index in [-0.39, 0.29) is 12.5 Å². The van der Waals surface area contributed by atoms with E-state index in [2.05, 4.69) is 20.4 Å². The molecule has 0 unspecified atom stereocenters. The lowest BCUT2D eigenvalue weighted by Gasteiger charge is -2.11. The first-order valence-corrected chi connectivity index (χ1v) is 6.19. The molecule has 106 valence electrons. The van der Waals surface area contributed by atoms with E-state index in [1.165, 1.54) is 0 Å². The number of nitrogens with zero attached hydrogens (tertiary/aromatic N) is 4. The maximum Gasteiger partial charge on any atom is 0.257 e. The Hall–Kier alpha value is -2.44. The highest BCUT2D eigenvalue weighted by molar-refractivity contribution is 5.95. The van der Waals surface area contributed by atoms with Crippen LogP contribution in [0.15, 0.2) is 16.8 Å². The van der Waals surface area contributed by atoms with Crippen LogP contribution in [0.25, 0.3) is 0 Å². The van der Waals surface area contributed by atoms with E-state index in [0.717, 1.165) is 5.82 Å². The number of nitrogens with one attached hydrogen (secondary N) is 1. The number of hydrogen-bond acceptors (Lipinski definition) is 6. The van der Waals surface area contributed by atoms with Crippen molar-refractivity contribution in [2.45, 2.75) is 20.4 Å². The molecule has 2 rings (SSSR count). The van der Waals surface area contributed by atoms with E-state index in [0.29, 0.717) is 22.8 Å². The van der Waals surface area contributed by atoms with Crippen molar-refractivity contribution in [3.63, 3.8) is 0 Å². The average molecular weight is 275 g/mol. The van der Waals surface area contributed by atoms with Crippen LogP contribution in [0, 0.1) is 13.8 Å². The molecule has 2 heterocycles. The predicted octanol–water partition coefficient (Wildman–Crippen LogP) is 1.08. The molecule has 2 aromatic heterocycles. The van der Waals surface area contributed by atoms with Gasteiger partial charge in [0.15, 0.2) is 0 Å². The SMILES string of the molecule is Cc1noc(C)c1C(=O)NCc1nccc(N(C)C)n1. The minimum absolute atomic E-state index is 0.236. The van der Waals surface area contributed by atoms with Crippen LogP contribution in [-0.2, 0) is 6.54 Å². The lowest BCUT2D eigenvalue weighted by Crippen LogP contribution is -2.25. The van der Waals surface area contributed by atoms with Crippen molar-refractivity contribution in [2.24, 2.45) is 0 Å². The molecule has 7 heteroatoms. The van der Waals surface area contributed by atoms with Gasteiger partial charge in [0.1, 0.15) is 23.0 Å². The summed E-state index contributed by atoms with van der Waals surface area (Å²) in [6.45, 7) is 3.69. The van der Waals surface area contributed by atoms with Crippen molar-refractivity contribution >= 4 is 11.7 Å². The fraction of sp³-hybridized carbons (Fsp3) is 0.385. The number of hydrogen-bond donors (Lipinski definition) is 1. The Kier molecular flexibility index (Phi) is 3.97. The third-order valence-electron chi connectivity index (χ3n) is 2.82. The van der Waals surface area contributed by atoms with Crippen molar-refractivity contribution in [2.75, 3.05) is 19.0 Å². The summed E-state index contributed by atoms with van der Waals surface area (Å²) in [5, 5.41) is 6.52. The molecule has 1 amide bonds. The summed E-state index contributed by atoms with van der Waals surface area (Å²) in [6, 6.07) is 1.81. The molecule has 0 spiro atoms. The number of rotatable bonds is 4. The van der Waals surface area contributed by atoms with Crippen LogP contribution in [0.1, 0.15) is 27.6 Å². The van der Waals surface area contributed by atoms with Gasteiger partial charge in [-0.1, -0.05) is 5.16 Å². The zero-order chi connectivity index (χ0) is 14.7. The Morgan fingerprint density at radius 1 is 1.40 bits per heavy atom. The first-order chi connectivity index (χ1) is 9.49. The first-order valence-electron chi connectivity index (χ1n) is 6.19. The minimum atomic E-state index is -0.236. The molecule has 0 atom stereocenters. The van der Waals surface area contributed by atoms with Gasteiger partial charge in [-0.2, -0.15) is 0 Å². The Balaban J connectivity index is 2.06. The second kappa shape index (κ2) is 5.68. The first kappa shape index (κ1) is 14.0. The monoisotopic (exact) mass is 275 g/mol. The van der Waals surface area contributed by atoms with Crippen LogP contribution in [0.3, 0.4) is 0 Å². The largest absolute Gasteiger partial charge is 0.363 e. The number of carbonyl (C=O) groups is 1. The van der Waals surface area contributed by atoms with Gasteiger partial charge < -0.3 is 14.7 Å². The molecule has 0 fully saturated rings. The molecule has 0 saturated carbocycles. The van der Waals surface area contributed by atoms with Crippen LogP contribution in [0.4, 0.5) is 5.82 Å². The van der Waals surface area contributed by atoms with E-state index in [1.54, 1.807) is 26.1 Å². The average Bonchev–Trinajstić information content (AvgIpc) is 2.76. The van der Waals surface area contributed by atoms with Gasteiger partial charge in [-0.05, 0) is 19.9 Å². The van der Waals surface area contributed by atoms with Gasteiger partial charge in [0.2, 0.25) is 0 Å². The summed E-state index contributed by atoms with van der Waals surface area (Å²) < 4.78 is 4.97. The Bertz CT molecular complexity index is 601. The molecule has 7 nitrogen and oxygen atoms in total. The van der Waals surface area contributed by atoms with Gasteiger partial charge in [-0.25, -0.2) is 9.97 Å². The third kappa shape index (κ3) is 2.93. The smallest absolute Gasteiger partial charge is 0.257 e. The zero-order valence-corrected chi connectivity index (χ0v) is 12.0. The lowest BCUT2D eigenvalue weighted by molar-refractivity contribution is 0.0948. The van der Waals surface area contributed by atoms with Gasteiger partial charge in [0.25, 0.3) is 5.91 Å². The van der Waals surface area contributed by atoms with Gasteiger partial charge in [0, 0.05) is 20.3 Å². The van der Waals surface area contributed by atoms with Crippen molar-refractivity contribution in [3.8, 4) is 0 Å². The fourth-order valence-corrected chi connectivity index (χ4v) is 1.78. The quantitative estimate of drug-likeness (QED) is 0.898. The Morgan fingerprint density at radius 2 is 2.15 bits per heavy atom. The summed E-state index contributed by atoms with van der Waals surface area (Å²) in [4.78, 5) is 22.4. The van der Waals surface area contributed by atoms with E-state index in [9.17, 15) is 4.79 Å². The lowest BCUT2D eigenvalue weighted by atomic mass is 10.2. The number of amides is 1. The summed E-state index contributed by atoms with van der Waals surface area (Å²) in [5.41, 5.74) is 1.04. The molecule has 1 N–H and O–H groups in total. The van der Waals surface area contributed by atoms with Gasteiger partial charge >= 0.3 is 0 Å². The molecule has 0 aliphatic rings. The van der Waals surface area contributed by atoms with Crippen LogP contribution >= 0.6 is 0 Å². The van der Waals surface area contributed by atoms with Gasteiger partial charge in [0.05, 0.1) is 12.2 Å². The second-order valence-corrected chi connectivity index (χ2v) is 4.61. The third-order valence-corrected chi connectivity index (χ3v) is 2.82. The number of aryl methyl sites for hydroxylation is 2. The Morgan fingerprint density at radius 3 is 2.75 bits per heavy atom. The van der Waals surface area contributed by atoms with Gasteiger partial charge in [-0.3, -0.25) is 4.79 Å². The molecule has 20 heavy (non-hydrogen) atoms. The zero-order valence-electron chi connectivity index (χ0n) is 12.0. The van der Waals surface area contributed by atoms with E-state index in [1.807, 2.05) is 19.0 Å². The number of aromatic nitrogens is 3. The van der Waals surface area contributed by atoms with Gasteiger partial charge in [-0.15, -0.1) is 0 Å². The molecular formula is C13H17N5O2. The van der Waals surface area contributed by atoms with Crippen LogP contribution in [0.5, 0.6) is 0 Å². The number of anilines is 1. The molecule has 0 saturated heterocycles. The molecule has 2 aromatic rings. The maximum absolute atomic E-state index is 12.1. The molecule has 0 radical (unpaired) electrons. The fourth-order valence-electron chi connectivity index (χ4n) is 1.78. The summed E-state index contributed by atoms with van der Waals surface area (Å²) in [6.07, 6.45) is 1.67. The Labute approximate surface area is 117 Å². The number of carbonyl (C=O) groups excluding carboxylic acids is 1. The molecule has 0 aromatic carbocycles. The molecular weight excluding hydrogens is 258 g/mol. The normalized spacial score (nSPS) is 10.4. The van der Waals surface area contributed by atoms with E-state index >= 15 is 0 Å². The van der Waals surface area contributed by atoms with Crippen molar-refractivity contribution in [3.05, 3.63) is 35.1 Å². The summed E-state index contributed by atoms with van der Waals surface area (Å²) in [5.74, 6) is 1.61. The second-order valence-electron chi connectivity index (χ2n) is 4.61. The van der Waals surface area contributed by atoms with Crippen LogP contribution in [0.2, 0.25) is 0 Å². The van der Waals surface area contributed by atoms with Crippen molar-refractivity contribution in [1.82, 2.24) is 20.4 Å². The van der Waals surface area contributed by atoms with Crippen LogP contribution in [-0.4, -0.2) is 35.1 Å². The molecule has 0 bridgehead atoms. The predicted molar refractivity (Wildman–Crippen MR) is 73.5 cm³/mol.